The molecule has 0 spiro atoms. The number of amides is 1. The number of hydrogen-bond acceptors (Lipinski definition) is 7. The summed E-state index contributed by atoms with van der Waals surface area (Å²) >= 11 is 0. The smallest absolute Gasteiger partial charge is 0.407 e. The van der Waals surface area contributed by atoms with Gasteiger partial charge in [0, 0.05) is 37.0 Å². The third kappa shape index (κ3) is 5.57. The first-order valence-electron chi connectivity index (χ1n) is 9.15. The topological polar surface area (TPSA) is 108 Å². The molecule has 3 heterocycles. The number of rotatable bonds is 4. The Labute approximate surface area is 158 Å². The number of alkyl carbamates (subject to hydrolysis) is 1. The van der Waals surface area contributed by atoms with E-state index in [4.69, 9.17) is 4.74 Å². The highest BCUT2D eigenvalue weighted by Crippen LogP contribution is 2.21. The number of hydrogen-bond donors (Lipinski definition) is 3. The van der Waals surface area contributed by atoms with Crippen molar-refractivity contribution >= 4 is 23.7 Å². The van der Waals surface area contributed by atoms with Crippen molar-refractivity contribution in [2.45, 2.75) is 52.2 Å². The lowest BCUT2D eigenvalue weighted by Gasteiger charge is -2.33. The molecular formula is C18H27N7O2. The largest absolute Gasteiger partial charge is 0.444 e. The molecule has 1 fully saturated rings. The van der Waals surface area contributed by atoms with Gasteiger partial charge in [0.2, 0.25) is 5.95 Å². The van der Waals surface area contributed by atoms with E-state index in [-0.39, 0.29) is 12.1 Å². The molecule has 0 saturated carbocycles. The van der Waals surface area contributed by atoms with Gasteiger partial charge in [-0.3, -0.25) is 5.10 Å². The first kappa shape index (κ1) is 18.9. The van der Waals surface area contributed by atoms with Crippen LogP contribution in [0.2, 0.25) is 0 Å². The molecule has 1 atom stereocenters. The number of piperidine rings is 1. The van der Waals surface area contributed by atoms with Crippen molar-refractivity contribution in [2.75, 3.05) is 23.3 Å². The molecule has 3 rings (SSSR count). The van der Waals surface area contributed by atoms with Crippen molar-refractivity contribution in [3.63, 3.8) is 0 Å². The summed E-state index contributed by atoms with van der Waals surface area (Å²) in [6.07, 6.45) is 3.14. The molecule has 1 aliphatic rings. The summed E-state index contributed by atoms with van der Waals surface area (Å²) in [4.78, 5) is 23.3. The number of carbonyl (C=O) groups excluding carboxylic acids is 1. The molecule has 9 nitrogen and oxygen atoms in total. The van der Waals surface area contributed by atoms with Crippen molar-refractivity contribution in [1.29, 1.82) is 0 Å². The van der Waals surface area contributed by atoms with Crippen LogP contribution in [0.3, 0.4) is 0 Å². The van der Waals surface area contributed by atoms with Crippen LogP contribution in [0.1, 0.15) is 39.3 Å². The van der Waals surface area contributed by atoms with Gasteiger partial charge in [-0.05, 0) is 40.5 Å². The SMILES string of the molecule is Cc1cc(Nc2ccn[nH]2)nc(N2CCC[C@H](NC(=O)OC(C)(C)C)C2)n1. The van der Waals surface area contributed by atoms with Crippen LogP contribution in [-0.4, -0.2) is 51.0 Å². The van der Waals surface area contributed by atoms with Crippen LogP contribution in [0.25, 0.3) is 0 Å². The Hall–Kier alpha value is -2.84. The standard InChI is InChI=1S/C18H27N7O2/c1-12-10-15(22-14-7-8-19-24-14)23-16(20-12)25-9-5-6-13(11-25)21-17(26)27-18(2,3)4/h7-8,10,13H,5-6,9,11H2,1-4H3,(H,21,26)(H2,19,20,22,23,24)/t13-/m0/s1. The van der Waals surface area contributed by atoms with Gasteiger partial charge in [0.1, 0.15) is 17.2 Å². The molecule has 27 heavy (non-hydrogen) atoms. The summed E-state index contributed by atoms with van der Waals surface area (Å²) in [6.45, 7) is 8.99. The first-order chi connectivity index (χ1) is 12.8. The number of ether oxygens (including phenoxy) is 1. The Balaban J connectivity index is 1.66. The van der Waals surface area contributed by atoms with Crippen molar-refractivity contribution in [3.8, 4) is 0 Å². The van der Waals surface area contributed by atoms with Gasteiger partial charge < -0.3 is 20.3 Å². The second-order valence-corrected chi connectivity index (χ2v) is 7.72. The van der Waals surface area contributed by atoms with Gasteiger partial charge in [0.05, 0.1) is 6.20 Å². The van der Waals surface area contributed by atoms with Crippen molar-refractivity contribution in [2.24, 2.45) is 0 Å². The predicted octanol–water partition coefficient (Wildman–Crippen LogP) is 2.75. The van der Waals surface area contributed by atoms with Crippen molar-refractivity contribution < 1.29 is 9.53 Å². The van der Waals surface area contributed by atoms with Gasteiger partial charge in [-0.25, -0.2) is 9.78 Å². The molecule has 1 saturated heterocycles. The van der Waals surface area contributed by atoms with E-state index in [0.717, 1.165) is 30.9 Å². The lowest BCUT2D eigenvalue weighted by molar-refractivity contribution is 0.0500. The van der Waals surface area contributed by atoms with Crippen LogP contribution in [0.15, 0.2) is 18.3 Å². The van der Waals surface area contributed by atoms with E-state index in [0.29, 0.717) is 18.3 Å². The Bertz CT molecular complexity index is 771. The minimum absolute atomic E-state index is 0.00160. The molecule has 0 aliphatic carbocycles. The molecule has 0 unspecified atom stereocenters. The molecule has 3 N–H and O–H groups in total. The van der Waals surface area contributed by atoms with E-state index >= 15 is 0 Å². The number of nitrogens with one attached hydrogen (secondary N) is 3. The van der Waals surface area contributed by atoms with Crippen LogP contribution in [0, 0.1) is 6.92 Å². The summed E-state index contributed by atoms with van der Waals surface area (Å²) in [5.41, 5.74) is 0.356. The second kappa shape index (κ2) is 7.81. The van der Waals surface area contributed by atoms with Gasteiger partial charge in [-0.15, -0.1) is 0 Å². The molecule has 0 radical (unpaired) electrons. The van der Waals surface area contributed by atoms with Crippen LogP contribution < -0.4 is 15.5 Å². The van der Waals surface area contributed by atoms with Gasteiger partial charge >= 0.3 is 6.09 Å². The van der Waals surface area contributed by atoms with E-state index in [1.165, 1.54) is 0 Å². The number of nitrogens with zero attached hydrogens (tertiary/aromatic N) is 4. The minimum Gasteiger partial charge on any atom is -0.444 e. The number of aryl methyl sites for hydroxylation is 1. The first-order valence-corrected chi connectivity index (χ1v) is 9.15. The Morgan fingerprint density at radius 2 is 2.19 bits per heavy atom. The molecule has 1 aliphatic heterocycles. The summed E-state index contributed by atoms with van der Waals surface area (Å²) in [5, 5.41) is 12.9. The molecule has 2 aromatic heterocycles. The Morgan fingerprint density at radius 3 is 2.89 bits per heavy atom. The summed E-state index contributed by atoms with van der Waals surface area (Å²) in [6, 6.07) is 3.71. The van der Waals surface area contributed by atoms with Gasteiger partial charge in [-0.2, -0.15) is 10.1 Å². The zero-order valence-corrected chi connectivity index (χ0v) is 16.2. The quantitative estimate of drug-likeness (QED) is 0.756. The van der Waals surface area contributed by atoms with E-state index in [9.17, 15) is 4.79 Å². The third-order valence-electron chi connectivity index (χ3n) is 4.03. The molecule has 2 aromatic rings. The Kier molecular flexibility index (Phi) is 5.48. The maximum atomic E-state index is 12.1. The number of aromatic nitrogens is 4. The summed E-state index contributed by atoms with van der Waals surface area (Å²) in [7, 11) is 0. The fraction of sp³-hybridized carbons (Fsp3) is 0.556. The molecule has 0 bridgehead atoms. The third-order valence-corrected chi connectivity index (χ3v) is 4.03. The van der Waals surface area contributed by atoms with Crippen LogP contribution >= 0.6 is 0 Å². The molecule has 9 heteroatoms. The van der Waals surface area contributed by atoms with Gasteiger partial charge in [0.25, 0.3) is 0 Å². The van der Waals surface area contributed by atoms with E-state index < -0.39 is 5.60 Å². The van der Waals surface area contributed by atoms with Crippen LogP contribution in [-0.2, 0) is 4.74 Å². The normalized spacial score (nSPS) is 17.5. The fourth-order valence-electron chi connectivity index (χ4n) is 2.97. The highest BCUT2D eigenvalue weighted by Gasteiger charge is 2.25. The fourth-order valence-corrected chi connectivity index (χ4v) is 2.97. The molecule has 1 amide bonds. The number of aromatic amines is 1. The lowest BCUT2D eigenvalue weighted by atomic mass is 10.1. The van der Waals surface area contributed by atoms with Crippen molar-refractivity contribution in [3.05, 3.63) is 24.0 Å². The summed E-state index contributed by atoms with van der Waals surface area (Å²) in [5.74, 6) is 2.11. The minimum atomic E-state index is -0.509. The van der Waals surface area contributed by atoms with Gasteiger partial charge in [-0.1, -0.05) is 0 Å². The molecule has 0 aromatic carbocycles. The Morgan fingerprint density at radius 1 is 1.37 bits per heavy atom. The predicted molar refractivity (Wildman–Crippen MR) is 103 cm³/mol. The maximum absolute atomic E-state index is 12.1. The lowest BCUT2D eigenvalue weighted by Crippen LogP contribution is -2.49. The number of H-pyrrole nitrogens is 1. The highest BCUT2D eigenvalue weighted by molar-refractivity contribution is 5.68. The average Bonchev–Trinajstić information content (AvgIpc) is 3.05. The van der Waals surface area contributed by atoms with Gasteiger partial charge in [0.15, 0.2) is 0 Å². The van der Waals surface area contributed by atoms with E-state index in [1.54, 1.807) is 6.20 Å². The maximum Gasteiger partial charge on any atom is 0.407 e. The monoisotopic (exact) mass is 373 g/mol. The second-order valence-electron chi connectivity index (χ2n) is 7.72. The van der Waals surface area contributed by atoms with E-state index in [2.05, 4.69) is 35.7 Å². The molecule has 146 valence electrons. The number of carbonyl (C=O) groups is 1. The number of anilines is 3. The molecular weight excluding hydrogens is 346 g/mol. The average molecular weight is 373 g/mol. The van der Waals surface area contributed by atoms with E-state index in [1.807, 2.05) is 39.8 Å². The zero-order valence-electron chi connectivity index (χ0n) is 16.2. The summed E-state index contributed by atoms with van der Waals surface area (Å²) < 4.78 is 5.36. The van der Waals surface area contributed by atoms with Crippen LogP contribution in [0.4, 0.5) is 22.4 Å². The van der Waals surface area contributed by atoms with Crippen LogP contribution in [0.5, 0.6) is 0 Å². The highest BCUT2D eigenvalue weighted by atomic mass is 16.6. The van der Waals surface area contributed by atoms with Crippen molar-refractivity contribution in [1.82, 2.24) is 25.5 Å². The zero-order chi connectivity index (χ0) is 19.4.